The third kappa shape index (κ3) is 2.37. The Bertz CT molecular complexity index is 407. The minimum atomic E-state index is -0.0986. The average molecular weight is 248 g/mol. The number of anilines is 1. The molecule has 2 nitrogen and oxygen atoms in total. The molecule has 3 rings (SSSR count). The first kappa shape index (κ1) is 12.0. The summed E-state index contributed by atoms with van der Waals surface area (Å²) in [6, 6.07) is 5.34. The van der Waals surface area contributed by atoms with E-state index in [1.807, 2.05) is 6.07 Å². The van der Waals surface area contributed by atoms with Crippen molar-refractivity contribution in [1.29, 1.82) is 0 Å². The molecule has 2 saturated heterocycles. The lowest BCUT2D eigenvalue weighted by Gasteiger charge is -2.29. The first-order chi connectivity index (χ1) is 8.84. The predicted molar refractivity (Wildman–Crippen MR) is 72.7 cm³/mol. The van der Waals surface area contributed by atoms with Crippen LogP contribution in [0.2, 0.25) is 0 Å². The van der Waals surface area contributed by atoms with Crippen LogP contribution in [0.5, 0.6) is 0 Å². The minimum Gasteiger partial charge on any atom is -0.371 e. The summed E-state index contributed by atoms with van der Waals surface area (Å²) in [4.78, 5) is 2.42. The Hall–Kier alpha value is -1.09. The van der Waals surface area contributed by atoms with E-state index in [0.717, 1.165) is 26.2 Å². The fourth-order valence-electron chi connectivity index (χ4n) is 3.22. The normalized spacial score (nSPS) is 24.5. The van der Waals surface area contributed by atoms with Crippen LogP contribution in [-0.4, -0.2) is 26.2 Å². The zero-order chi connectivity index (χ0) is 12.4. The minimum absolute atomic E-state index is 0.0986. The zero-order valence-corrected chi connectivity index (χ0v) is 10.8. The van der Waals surface area contributed by atoms with Gasteiger partial charge in [-0.3, -0.25) is 0 Å². The molecule has 1 atom stereocenters. The monoisotopic (exact) mass is 248 g/mol. The summed E-state index contributed by atoms with van der Waals surface area (Å²) in [6.07, 6.45) is 4.90. The van der Waals surface area contributed by atoms with E-state index >= 15 is 0 Å². The van der Waals surface area contributed by atoms with E-state index in [-0.39, 0.29) is 5.82 Å². The molecule has 0 saturated carbocycles. The zero-order valence-electron chi connectivity index (χ0n) is 10.8. The van der Waals surface area contributed by atoms with E-state index in [0.29, 0.717) is 5.92 Å². The van der Waals surface area contributed by atoms with Gasteiger partial charge in [0.05, 0.1) is 0 Å². The molecule has 1 aromatic carbocycles. The Morgan fingerprint density at radius 1 is 1.17 bits per heavy atom. The second-order valence-electron chi connectivity index (χ2n) is 5.44. The van der Waals surface area contributed by atoms with Crippen molar-refractivity contribution in [3.05, 3.63) is 29.6 Å². The van der Waals surface area contributed by atoms with Gasteiger partial charge in [-0.05, 0) is 61.9 Å². The molecule has 0 aromatic heterocycles. The molecular weight excluding hydrogens is 227 g/mol. The van der Waals surface area contributed by atoms with Crippen LogP contribution in [0.1, 0.15) is 37.2 Å². The largest absolute Gasteiger partial charge is 0.371 e. The molecule has 0 amide bonds. The highest BCUT2D eigenvalue weighted by Gasteiger charge is 2.22. The summed E-state index contributed by atoms with van der Waals surface area (Å²) < 4.78 is 13.6. The highest BCUT2D eigenvalue weighted by Crippen LogP contribution is 2.34. The van der Waals surface area contributed by atoms with Crippen LogP contribution in [0, 0.1) is 5.82 Å². The van der Waals surface area contributed by atoms with Crippen molar-refractivity contribution in [3.8, 4) is 0 Å². The first-order valence-corrected chi connectivity index (χ1v) is 7.10. The van der Waals surface area contributed by atoms with E-state index in [1.165, 1.54) is 36.9 Å². The summed E-state index contributed by atoms with van der Waals surface area (Å²) >= 11 is 0. The van der Waals surface area contributed by atoms with Gasteiger partial charge < -0.3 is 10.2 Å². The van der Waals surface area contributed by atoms with E-state index in [9.17, 15) is 4.39 Å². The van der Waals surface area contributed by atoms with Crippen LogP contribution in [0.25, 0.3) is 0 Å². The maximum absolute atomic E-state index is 13.6. The lowest BCUT2D eigenvalue weighted by atomic mass is 9.90. The van der Waals surface area contributed by atoms with Crippen molar-refractivity contribution in [2.45, 2.75) is 31.6 Å². The molecule has 1 aromatic rings. The maximum Gasteiger partial charge on any atom is 0.123 e. The molecule has 18 heavy (non-hydrogen) atoms. The van der Waals surface area contributed by atoms with Gasteiger partial charge in [0.2, 0.25) is 0 Å². The summed E-state index contributed by atoms with van der Waals surface area (Å²) in [5, 5.41) is 3.43. The first-order valence-electron chi connectivity index (χ1n) is 7.10. The maximum atomic E-state index is 13.6. The van der Waals surface area contributed by atoms with Gasteiger partial charge >= 0.3 is 0 Å². The van der Waals surface area contributed by atoms with Gasteiger partial charge in [0.25, 0.3) is 0 Å². The lowest BCUT2D eigenvalue weighted by Crippen LogP contribution is -2.30. The summed E-state index contributed by atoms with van der Waals surface area (Å²) in [5.74, 6) is 0.378. The van der Waals surface area contributed by atoms with Crippen LogP contribution in [-0.2, 0) is 0 Å². The van der Waals surface area contributed by atoms with E-state index < -0.39 is 0 Å². The summed E-state index contributed by atoms with van der Waals surface area (Å²) in [7, 11) is 0. The molecule has 0 radical (unpaired) electrons. The number of rotatable bonds is 2. The van der Waals surface area contributed by atoms with Gasteiger partial charge in [-0.25, -0.2) is 4.39 Å². The Morgan fingerprint density at radius 2 is 2.00 bits per heavy atom. The lowest BCUT2D eigenvalue weighted by molar-refractivity contribution is 0.460. The summed E-state index contributed by atoms with van der Waals surface area (Å²) in [6.45, 7) is 4.34. The summed E-state index contributed by atoms with van der Waals surface area (Å²) in [5.41, 5.74) is 2.48. The molecule has 3 heteroatoms. The number of halogens is 1. The molecule has 1 N–H and O–H groups in total. The van der Waals surface area contributed by atoms with E-state index in [2.05, 4.69) is 10.2 Å². The van der Waals surface area contributed by atoms with Crippen LogP contribution in [0.3, 0.4) is 0 Å². The Kier molecular flexibility index (Phi) is 3.50. The molecule has 2 aliphatic rings. The van der Waals surface area contributed by atoms with Crippen LogP contribution < -0.4 is 10.2 Å². The fourth-order valence-corrected chi connectivity index (χ4v) is 3.22. The third-order valence-electron chi connectivity index (χ3n) is 4.17. The number of hydrogen-bond acceptors (Lipinski definition) is 2. The average Bonchev–Trinajstić information content (AvgIpc) is 2.93. The SMILES string of the molecule is Fc1ccc(N2CCCC2)c(C2CCCNC2)c1. The number of benzene rings is 1. The molecule has 2 heterocycles. The van der Waals surface area contributed by atoms with Crippen molar-refractivity contribution in [3.63, 3.8) is 0 Å². The van der Waals surface area contributed by atoms with Crippen LogP contribution in [0.15, 0.2) is 18.2 Å². The van der Waals surface area contributed by atoms with Crippen molar-refractivity contribution in [2.75, 3.05) is 31.1 Å². The molecule has 0 spiro atoms. The smallest absolute Gasteiger partial charge is 0.123 e. The van der Waals surface area contributed by atoms with Gasteiger partial charge in [-0.1, -0.05) is 0 Å². The van der Waals surface area contributed by atoms with Crippen molar-refractivity contribution in [1.82, 2.24) is 5.32 Å². The standard InChI is InChI=1S/C15H21FN2/c16-13-5-6-15(18-8-1-2-9-18)14(10-13)12-4-3-7-17-11-12/h5-6,10,12,17H,1-4,7-9,11H2. The topological polar surface area (TPSA) is 15.3 Å². The number of nitrogens with one attached hydrogen (secondary N) is 1. The fraction of sp³-hybridized carbons (Fsp3) is 0.600. The number of piperidine rings is 1. The van der Waals surface area contributed by atoms with Gasteiger partial charge in [-0.15, -0.1) is 0 Å². The quantitative estimate of drug-likeness (QED) is 0.865. The number of nitrogens with zero attached hydrogens (tertiary/aromatic N) is 1. The Morgan fingerprint density at radius 3 is 2.72 bits per heavy atom. The highest BCUT2D eigenvalue weighted by atomic mass is 19.1. The molecule has 2 fully saturated rings. The molecule has 98 valence electrons. The second kappa shape index (κ2) is 5.27. The van der Waals surface area contributed by atoms with Gasteiger partial charge in [0.1, 0.15) is 5.82 Å². The number of hydrogen-bond donors (Lipinski definition) is 1. The molecular formula is C15H21FN2. The van der Waals surface area contributed by atoms with Gasteiger partial charge in [-0.2, -0.15) is 0 Å². The molecule has 1 unspecified atom stereocenters. The van der Waals surface area contributed by atoms with Crippen molar-refractivity contribution < 1.29 is 4.39 Å². The molecule has 0 bridgehead atoms. The Labute approximate surface area is 108 Å². The van der Waals surface area contributed by atoms with Gasteiger partial charge in [0.15, 0.2) is 0 Å². The van der Waals surface area contributed by atoms with E-state index in [4.69, 9.17) is 0 Å². The van der Waals surface area contributed by atoms with Crippen LogP contribution >= 0.6 is 0 Å². The molecule has 2 aliphatic heterocycles. The third-order valence-corrected chi connectivity index (χ3v) is 4.17. The van der Waals surface area contributed by atoms with Crippen LogP contribution in [0.4, 0.5) is 10.1 Å². The van der Waals surface area contributed by atoms with Crippen molar-refractivity contribution >= 4 is 5.69 Å². The Balaban J connectivity index is 1.91. The second-order valence-corrected chi connectivity index (χ2v) is 5.44. The van der Waals surface area contributed by atoms with Crippen molar-refractivity contribution in [2.24, 2.45) is 0 Å². The van der Waals surface area contributed by atoms with Gasteiger partial charge in [0, 0.05) is 25.3 Å². The molecule has 0 aliphatic carbocycles. The van der Waals surface area contributed by atoms with E-state index in [1.54, 1.807) is 12.1 Å². The predicted octanol–water partition coefficient (Wildman–Crippen LogP) is 2.89. The highest BCUT2D eigenvalue weighted by molar-refractivity contribution is 5.56.